The van der Waals surface area contributed by atoms with Gasteiger partial charge in [0.1, 0.15) is 6.04 Å². The monoisotopic (exact) mass is 349 g/mol. The third-order valence-electron chi connectivity index (χ3n) is 4.41. The third-order valence-corrected chi connectivity index (χ3v) is 5.48. The molecule has 1 aliphatic rings. The third kappa shape index (κ3) is 4.17. The van der Waals surface area contributed by atoms with Crippen molar-refractivity contribution in [2.75, 3.05) is 5.75 Å². The molecule has 2 atom stereocenters. The van der Waals surface area contributed by atoms with Crippen molar-refractivity contribution in [1.82, 2.24) is 4.90 Å². The summed E-state index contributed by atoms with van der Waals surface area (Å²) in [7, 11) is 0. The van der Waals surface area contributed by atoms with Crippen LogP contribution in [0, 0.1) is 5.92 Å². The topological polar surface area (TPSA) is 74.7 Å². The Labute approximate surface area is 146 Å². The molecule has 6 heteroatoms. The molecule has 1 amide bonds. The second-order valence-electron chi connectivity index (χ2n) is 6.29. The molecule has 24 heavy (non-hydrogen) atoms. The number of benzene rings is 1. The van der Waals surface area contributed by atoms with Crippen molar-refractivity contribution in [2.45, 2.75) is 45.7 Å². The van der Waals surface area contributed by atoms with E-state index in [0.29, 0.717) is 18.6 Å². The number of hydrogen-bond acceptors (Lipinski definition) is 4. The molecule has 1 aromatic carbocycles. The van der Waals surface area contributed by atoms with Gasteiger partial charge < -0.3 is 10.0 Å². The number of carbonyl (C=O) groups excluding carboxylic acids is 2. The van der Waals surface area contributed by atoms with E-state index in [-0.39, 0.29) is 17.1 Å². The van der Waals surface area contributed by atoms with Gasteiger partial charge in [-0.25, -0.2) is 4.79 Å². The molecule has 0 spiro atoms. The van der Waals surface area contributed by atoms with Crippen LogP contribution in [0.5, 0.6) is 0 Å². The van der Waals surface area contributed by atoms with Gasteiger partial charge in [0.05, 0.1) is 0 Å². The summed E-state index contributed by atoms with van der Waals surface area (Å²) in [6, 6.07) is 6.93. The lowest BCUT2D eigenvalue weighted by Crippen LogP contribution is -2.52. The van der Waals surface area contributed by atoms with Gasteiger partial charge in [0.25, 0.3) is 0 Å². The van der Waals surface area contributed by atoms with Gasteiger partial charge in [-0.05, 0) is 30.9 Å². The molecule has 0 aromatic heterocycles. The molecule has 0 radical (unpaired) electrons. The summed E-state index contributed by atoms with van der Waals surface area (Å²) in [5.74, 6) is -1.23. The van der Waals surface area contributed by atoms with E-state index < -0.39 is 17.9 Å². The number of carboxylic acid groups (broad SMARTS) is 1. The van der Waals surface area contributed by atoms with E-state index in [1.54, 1.807) is 13.8 Å². The van der Waals surface area contributed by atoms with Gasteiger partial charge >= 0.3 is 5.97 Å². The van der Waals surface area contributed by atoms with Crippen LogP contribution in [-0.4, -0.2) is 44.8 Å². The molecule has 0 fully saturated rings. The number of amides is 1. The summed E-state index contributed by atoms with van der Waals surface area (Å²) >= 11 is 1.10. The fourth-order valence-electron chi connectivity index (χ4n) is 3.11. The van der Waals surface area contributed by atoms with Gasteiger partial charge in [0.15, 0.2) is 5.12 Å². The first-order chi connectivity index (χ1) is 11.3. The average Bonchev–Trinajstić information content (AvgIpc) is 2.95. The Bertz CT molecular complexity index is 621. The molecule has 130 valence electrons. The first kappa shape index (κ1) is 18.5. The van der Waals surface area contributed by atoms with Crippen molar-refractivity contribution in [3.05, 3.63) is 35.4 Å². The molecule has 1 unspecified atom stereocenters. The van der Waals surface area contributed by atoms with Gasteiger partial charge in [0, 0.05) is 24.6 Å². The van der Waals surface area contributed by atoms with Gasteiger partial charge in [-0.2, -0.15) is 0 Å². The summed E-state index contributed by atoms with van der Waals surface area (Å²) in [5, 5.41) is 9.38. The van der Waals surface area contributed by atoms with Gasteiger partial charge in [0.2, 0.25) is 5.91 Å². The predicted octanol–water partition coefficient (Wildman–Crippen LogP) is 2.37. The van der Waals surface area contributed by atoms with E-state index in [4.69, 9.17) is 0 Å². The quantitative estimate of drug-likeness (QED) is 0.853. The number of aliphatic carboxylic acids is 1. The summed E-state index contributed by atoms with van der Waals surface area (Å²) < 4.78 is 0. The number of nitrogens with zero attached hydrogens (tertiary/aromatic N) is 1. The molecule has 1 aliphatic carbocycles. The Morgan fingerprint density at radius 2 is 1.75 bits per heavy atom. The number of hydrogen-bond donors (Lipinski definition) is 1. The van der Waals surface area contributed by atoms with Crippen LogP contribution in [0.4, 0.5) is 0 Å². The Hall–Kier alpha value is -1.82. The number of carboxylic acids is 1. The first-order valence-corrected chi connectivity index (χ1v) is 9.05. The maximum absolute atomic E-state index is 12.9. The van der Waals surface area contributed by atoms with Crippen LogP contribution in [0.15, 0.2) is 24.3 Å². The summed E-state index contributed by atoms with van der Waals surface area (Å²) in [6.07, 6.45) is 1.35. The van der Waals surface area contributed by atoms with E-state index in [1.807, 2.05) is 24.3 Å². The minimum atomic E-state index is -1.01. The van der Waals surface area contributed by atoms with Crippen molar-refractivity contribution in [3.8, 4) is 0 Å². The van der Waals surface area contributed by atoms with E-state index >= 15 is 0 Å². The van der Waals surface area contributed by atoms with Gasteiger partial charge in [-0.15, -0.1) is 0 Å². The van der Waals surface area contributed by atoms with E-state index in [9.17, 15) is 19.5 Å². The molecule has 1 N–H and O–H groups in total. The lowest BCUT2D eigenvalue weighted by atomic mass is 10.1. The Morgan fingerprint density at radius 3 is 2.21 bits per heavy atom. The second-order valence-corrected chi connectivity index (χ2v) is 7.49. The zero-order chi connectivity index (χ0) is 17.9. The predicted molar refractivity (Wildman–Crippen MR) is 93.9 cm³/mol. The molecule has 0 aliphatic heterocycles. The van der Waals surface area contributed by atoms with Crippen LogP contribution in [-0.2, 0) is 27.2 Å². The van der Waals surface area contributed by atoms with Crippen molar-refractivity contribution in [1.29, 1.82) is 0 Å². The average molecular weight is 349 g/mol. The first-order valence-electron chi connectivity index (χ1n) is 8.06. The Kier molecular flexibility index (Phi) is 6.04. The van der Waals surface area contributed by atoms with E-state index in [0.717, 1.165) is 11.8 Å². The lowest BCUT2D eigenvalue weighted by molar-refractivity contribution is -0.153. The Balaban J connectivity index is 2.18. The molecule has 2 rings (SSSR count). The number of carbonyl (C=O) groups is 3. The molecular weight excluding hydrogens is 326 g/mol. The van der Waals surface area contributed by atoms with Crippen LogP contribution in [0.25, 0.3) is 0 Å². The van der Waals surface area contributed by atoms with Crippen LogP contribution >= 0.6 is 11.8 Å². The van der Waals surface area contributed by atoms with Crippen LogP contribution in [0.1, 0.15) is 31.9 Å². The fourth-order valence-corrected chi connectivity index (χ4v) is 3.73. The molecule has 0 saturated carbocycles. The Morgan fingerprint density at radius 1 is 1.21 bits per heavy atom. The molecule has 1 aromatic rings. The minimum absolute atomic E-state index is 0.0410. The maximum Gasteiger partial charge on any atom is 0.326 e. The highest BCUT2D eigenvalue weighted by molar-refractivity contribution is 8.13. The van der Waals surface area contributed by atoms with Crippen molar-refractivity contribution in [2.24, 2.45) is 5.92 Å². The van der Waals surface area contributed by atoms with Crippen molar-refractivity contribution in [3.63, 3.8) is 0 Å². The van der Waals surface area contributed by atoms with E-state index in [2.05, 4.69) is 0 Å². The largest absolute Gasteiger partial charge is 0.480 e. The summed E-state index contributed by atoms with van der Waals surface area (Å²) in [6.45, 7) is 4.77. The van der Waals surface area contributed by atoms with Gasteiger partial charge in [-0.3, -0.25) is 9.59 Å². The normalized spacial score (nSPS) is 16.3. The number of rotatable bonds is 6. The standard InChI is InChI=1S/C18H23NO4S/c1-11(10-24-13(3)20)17(21)19(12(2)18(22)23)16-8-14-6-4-5-7-15(14)9-16/h4-7,11-12,16H,8-10H2,1-3H3,(H,22,23)/t11?,12-/m0/s1. The SMILES string of the molecule is CC(=O)SCC(C)C(=O)N(C1Cc2ccccc2C1)[C@@H](C)C(=O)O. The van der Waals surface area contributed by atoms with Crippen molar-refractivity contribution >= 4 is 28.8 Å². The van der Waals surface area contributed by atoms with E-state index in [1.165, 1.54) is 23.0 Å². The summed E-state index contributed by atoms with van der Waals surface area (Å²) in [5.41, 5.74) is 2.34. The van der Waals surface area contributed by atoms with Crippen LogP contribution < -0.4 is 0 Å². The minimum Gasteiger partial charge on any atom is -0.480 e. The maximum atomic E-state index is 12.9. The van der Waals surface area contributed by atoms with Crippen LogP contribution in [0.2, 0.25) is 0 Å². The second kappa shape index (κ2) is 7.83. The summed E-state index contributed by atoms with van der Waals surface area (Å²) in [4.78, 5) is 37.0. The molecule has 5 nitrogen and oxygen atoms in total. The fraction of sp³-hybridized carbons (Fsp3) is 0.500. The zero-order valence-corrected chi connectivity index (χ0v) is 15.0. The lowest BCUT2D eigenvalue weighted by Gasteiger charge is -2.34. The zero-order valence-electron chi connectivity index (χ0n) is 14.2. The van der Waals surface area contributed by atoms with Crippen molar-refractivity contribution < 1.29 is 19.5 Å². The van der Waals surface area contributed by atoms with Gasteiger partial charge in [-0.1, -0.05) is 43.0 Å². The molecule has 0 bridgehead atoms. The van der Waals surface area contributed by atoms with Crippen LogP contribution in [0.3, 0.4) is 0 Å². The highest BCUT2D eigenvalue weighted by Gasteiger charge is 2.37. The molecular formula is C18H23NO4S. The highest BCUT2D eigenvalue weighted by atomic mass is 32.2. The smallest absolute Gasteiger partial charge is 0.326 e. The molecule has 0 heterocycles. The number of fused-ring (bicyclic) bond motifs is 1. The highest BCUT2D eigenvalue weighted by Crippen LogP contribution is 2.28. The molecule has 0 saturated heterocycles. The number of thioether (sulfide) groups is 1.